The zero-order chi connectivity index (χ0) is 3.58. The Hall–Kier alpha value is 0.841. The summed E-state index contributed by atoms with van der Waals surface area (Å²) in [5.74, 6) is 0. The summed E-state index contributed by atoms with van der Waals surface area (Å²) in [5, 5.41) is 16.7. The molecule has 0 aliphatic carbocycles. The van der Waals surface area contributed by atoms with Gasteiger partial charge < -0.3 is 15.0 Å². The molecule has 0 aromatic carbocycles. The first kappa shape index (κ1) is 9.28. The van der Waals surface area contributed by atoms with E-state index in [-0.39, 0.29) is 48.9 Å². The Morgan fingerprint density at radius 3 is 1.40 bits per heavy atom. The molecule has 3 nitrogen and oxygen atoms in total. The van der Waals surface area contributed by atoms with Crippen LogP contribution in [0.25, 0.3) is 0 Å². The van der Waals surface area contributed by atoms with Crippen LogP contribution in [0.1, 0.15) is 0 Å². The van der Waals surface area contributed by atoms with Crippen molar-refractivity contribution in [2.45, 2.75) is 0 Å². The number of carboxylic acid groups (broad SMARTS) is 2. The van der Waals surface area contributed by atoms with E-state index in [1.54, 1.807) is 0 Å². The van der Waals surface area contributed by atoms with Crippen molar-refractivity contribution in [3.63, 3.8) is 0 Å². The van der Waals surface area contributed by atoms with E-state index >= 15 is 0 Å². The fourth-order valence-electron chi connectivity index (χ4n) is 0. The maximum atomic E-state index is 8.33. The van der Waals surface area contributed by atoms with Gasteiger partial charge in [-0.1, -0.05) is 0 Å². The van der Waals surface area contributed by atoms with Gasteiger partial charge in [-0.05, 0) is 6.16 Å². The van der Waals surface area contributed by atoms with Crippen molar-refractivity contribution in [3.05, 3.63) is 0 Å². The van der Waals surface area contributed by atoms with Gasteiger partial charge >= 0.3 is 48.9 Å². The second kappa shape index (κ2) is 4.84. The molecule has 5 heavy (non-hydrogen) atoms. The van der Waals surface area contributed by atoms with Crippen LogP contribution in [0.15, 0.2) is 0 Å². The summed E-state index contributed by atoms with van der Waals surface area (Å²) in [6.07, 6.45) is -2.33. The average molecular weight is 199 g/mol. The van der Waals surface area contributed by atoms with E-state index in [1.165, 1.54) is 0 Å². The largest absolute Gasteiger partial charge is 2.00 e. The van der Waals surface area contributed by atoms with Gasteiger partial charge in [0.05, 0.1) is 0 Å². The molecule has 0 N–H and O–H groups in total. The summed E-state index contributed by atoms with van der Waals surface area (Å²) in [4.78, 5) is 8.33. The summed E-state index contributed by atoms with van der Waals surface area (Å²) >= 11 is 0. The van der Waals surface area contributed by atoms with Gasteiger partial charge in [0.25, 0.3) is 0 Å². The Labute approximate surface area is 69.1 Å². The van der Waals surface area contributed by atoms with Crippen molar-refractivity contribution < 1.29 is 15.0 Å². The van der Waals surface area contributed by atoms with E-state index < -0.39 is 6.16 Å². The predicted octanol–water partition coefficient (Wildman–Crippen LogP) is -2.83. The van der Waals surface area contributed by atoms with Crippen molar-refractivity contribution in [3.8, 4) is 0 Å². The molecule has 0 heterocycles. The second-order valence-corrected chi connectivity index (χ2v) is 0.250. The molecule has 0 amide bonds. The molecular weight excluding hydrogens is 199 g/mol. The number of hydrogen-bond donors (Lipinski definition) is 0. The van der Waals surface area contributed by atoms with E-state index in [0.29, 0.717) is 0 Å². The van der Waals surface area contributed by atoms with E-state index in [9.17, 15) is 0 Å². The minimum absolute atomic E-state index is 0. The summed E-state index contributed by atoms with van der Waals surface area (Å²) in [5.41, 5.74) is 0. The van der Waals surface area contributed by atoms with Crippen LogP contribution in [0.4, 0.5) is 4.79 Å². The molecule has 0 aromatic heterocycles. The first-order chi connectivity index (χ1) is 1.73. The van der Waals surface area contributed by atoms with Crippen LogP contribution in [-0.4, -0.2) is 55.0 Å². The summed E-state index contributed by atoms with van der Waals surface area (Å²) < 4.78 is 0. The SMILES string of the molecule is O=[14C]([O-])[O-].[Ba+2]. The number of carbonyl (C=O) groups excluding carboxylic acids is 1. The molecule has 24 valence electrons. The van der Waals surface area contributed by atoms with Crippen LogP contribution in [0.3, 0.4) is 0 Å². The van der Waals surface area contributed by atoms with Crippen molar-refractivity contribution in [2.75, 3.05) is 0 Å². The molecule has 0 unspecified atom stereocenters. The van der Waals surface area contributed by atoms with Crippen LogP contribution in [-0.2, 0) is 0 Å². The van der Waals surface area contributed by atoms with Crippen molar-refractivity contribution >= 4 is 55.0 Å². The molecule has 0 aromatic rings. The molecule has 0 aliphatic rings. The zero-order valence-electron chi connectivity index (χ0n) is 2.43. The minimum Gasteiger partial charge on any atom is -0.652 e. The monoisotopic (exact) mass is 200 g/mol. The van der Waals surface area contributed by atoms with E-state index in [0.717, 1.165) is 0 Å². The van der Waals surface area contributed by atoms with Crippen LogP contribution in [0.5, 0.6) is 0 Å². The Morgan fingerprint density at radius 1 is 1.40 bits per heavy atom. The molecular formula is CBaO3. The molecule has 0 bridgehead atoms. The van der Waals surface area contributed by atoms with Gasteiger partial charge in [0, 0.05) is 0 Å². The van der Waals surface area contributed by atoms with Crippen LogP contribution >= 0.6 is 0 Å². The summed E-state index contributed by atoms with van der Waals surface area (Å²) in [6.45, 7) is 0. The number of rotatable bonds is 0. The maximum absolute atomic E-state index is 8.33. The average Bonchev–Trinajstić information content (AvgIpc) is 0.811. The molecule has 0 saturated heterocycles. The first-order valence-electron chi connectivity index (χ1n) is 0.612. The van der Waals surface area contributed by atoms with Crippen LogP contribution in [0.2, 0.25) is 0 Å². The quantitative estimate of drug-likeness (QED) is 0.395. The van der Waals surface area contributed by atoms with Gasteiger partial charge in [0.2, 0.25) is 0 Å². The van der Waals surface area contributed by atoms with E-state index in [1.807, 2.05) is 0 Å². The minimum atomic E-state index is -2.33. The topological polar surface area (TPSA) is 63.2 Å². The van der Waals surface area contributed by atoms with Gasteiger partial charge in [-0.15, -0.1) is 0 Å². The Bertz CT molecular complexity index is 29.9. The third-order valence-corrected chi connectivity index (χ3v) is 0. The molecule has 0 saturated carbocycles. The first-order valence-corrected chi connectivity index (χ1v) is 0.612. The van der Waals surface area contributed by atoms with Gasteiger partial charge in [-0.3, -0.25) is 0 Å². The standard InChI is InChI=1S/CH2O3.Ba/c2-1(3)4;/h(H2,2,3,4);/q;+2/p-2/i1+2;. The molecule has 0 spiro atoms. The van der Waals surface area contributed by atoms with Gasteiger partial charge in [-0.25, -0.2) is 0 Å². The van der Waals surface area contributed by atoms with Crippen LogP contribution < -0.4 is 10.2 Å². The smallest absolute Gasteiger partial charge is 0.652 e. The van der Waals surface area contributed by atoms with E-state index in [4.69, 9.17) is 15.0 Å². The Kier molecular flexibility index (Phi) is 8.98. The molecule has 4 heteroatoms. The second-order valence-electron chi connectivity index (χ2n) is 0.250. The Morgan fingerprint density at radius 2 is 1.40 bits per heavy atom. The predicted molar refractivity (Wildman–Crippen MR) is 11.1 cm³/mol. The van der Waals surface area contributed by atoms with Gasteiger partial charge in [-0.2, -0.15) is 0 Å². The normalized spacial score (nSPS) is 4.80. The summed E-state index contributed by atoms with van der Waals surface area (Å²) in [6, 6.07) is 0. The van der Waals surface area contributed by atoms with Gasteiger partial charge in [0.1, 0.15) is 0 Å². The molecule has 0 aliphatic heterocycles. The molecule has 0 atom stereocenters. The summed E-state index contributed by atoms with van der Waals surface area (Å²) in [7, 11) is 0. The van der Waals surface area contributed by atoms with Crippen molar-refractivity contribution in [2.24, 2.45) is 0 Å². The third kappa shape index (κ3) is 55.2. The van der Waals surface area contributed by atoms with Crippen molar-refractivity contribution in [1.82, 2.24) is 0 Å². The zero-order valence-corrected chi connectivity index (χ0v) is 6.87. The van der Waals surface area contributed by atoms with Crippen molar-refractivity contribution in [1.29, 1.82) is 0 Å². The fourth-order valence-corrected chi connectivity index (χ4v) is 0. The number of hydrogen-bond acceptors (Lipinski definition) is 3. The fraction of sp³-hybridized carbons (Fsp3) is 0. The van der Waals surface area contributed by atoms with Gasteiger partial charge in [0.15, 0.2) is 0 Å². The van der Waals surface area contributed by atoms with Crippen LogP contribution in [0, 0.1) is 0 Å². The molecule has 0 radical (unpaired) electrons. The maximum Gasteiger partial charge on any atom is 2.00 e. The number of carbonyl (C=O) groups is 1. The van der Waals surface area contributed by atoms with E-state index in [2.05, 4.69) is 0 Å². The third-order valence-electron chi connectivity index (χ3n) is 0. The molecule has 0 fully saturated rings. The molecule has 0 rings (SSSR count). The Balaban J connectivity index is 0.